The fourth-order valence-corrected chi connectivity index (χ4v) is 5.02. The van der Waals surface area contributed by atoms with Gasteiger partial charge in [-0.05, 0) is 62.3 Å². The van der Waals surface area contributed by atoms with E-state index in [9.17, 15) is 9.59 Å². The summed E-state index contributed by atoms with van der Waals surface area (Å²) in [6.07, 6.45) is 4.40. The van der Waals surface area contributed by atoms with Crippen LogP contribution < -0.4 is 0 Å². The van der Waals surface area contributed by atoms with Crippen LogP contribution in [0.5, 0.6) is 0 Å². The molecule has 152 valence electrons. The topological polar surface area (TPSA) is 40.6 Å². The Morgan fingerprint density at radius 2 is 1.69 bits per heavy atom. The Morgan fingerprint density at radius 1 is 1.00 bits per heavy atom. The van der Waals surface area contributed by atoms with Crippen LogP contribution in [-0.4, -0.2) is 46.8 Å². The first-order valence-electron chi connectivity index (χ1n) is 10.8. The minimum atomic E-state index is -0.635. The van der Waals surface area contributed by atoms with Crippen LogP contribution in [0.1, 0.15) is 54.9 Å². The third kappa shape index (κ3) is 3.57. The molecule has 4 nitrogen and oxygen atoms in total. The van der Waals surface area contributed by atoms with Gasteiger partial charge in [0, 0.05) is 25.2 Å². The molecule has 2 aromatic rings. The van der Waals surface area contributed by atoms with Crippen LogP contribution in [0.2, 0.25) is 0 Å². The molecule has 0 aromatic heterocycles. The minimum Gasteiger partial charge on any atom is -0.341 e. The molecule has 0 saturated carbocycles. The Morgan fingerprint density at radius 3 is 2.41 bits per heavy atom. The van der Waals surface area contributed by atoms with E-state index in [0.29, 0.717) is 12.1 Å². The third-order valence-electron chi connectivity index (χ3n) is 6.39. The van der Waals surface area contributed by atoms with Gasteiger partial charge in [-0.1, -0.05) is 48.9 Å². The highest BCUT2D eigenvalue weighted by molar-refractivity contribution is 6.00. The molecule has 0 aliphatic carbocycles. The van der Waals surface area contributed by atoms with E-state index in [2.05, 4.69) is 32.0 Å². The van der Waals surface area contributed by atoms with Gasteiger partial charge in [0.05, 0.1) is 0 Å². The van der Waals surface area contributed by atoms with E-state index < -0.39 is 5.54 Å². The SMILES string of the molecule is CCCN1CCCC2(CCCN2C(=O)c2cccc(-c3cccc(C)c3)c2)C1=O. The van der Waals surface area contributed by atoms with E-state index in [4.69, 9.17) is 0 Å². The summed E-state index contributed by atoms with van der Waals surface area (Å²) in [5, 5.41) is 0. The lowest BCUT2D eigenvalue weighted by Crippen LogP contribution is -2.61. The van der Waals surface area contributed by atoms with Crippen LogP contribution >= 0.6 is 0 Å². The molecule has 1 spiro atoms. The number of nitrogens with zero attached hydrogens (tertiary/aromatic N) is 2. The Labute approximate surface area is 173 Å². The van der Waals surface area contributed by atoms with Crippen molar-refractivity contribution >= 4 is 11.8 Å². The first-order chi connectivity index (χ1) is 14.0. The van der Waals surface area contributed by atoms with Crippen LogP contribution in [0, 0.1) is 6.92 Å². The number of aryl methyl sites for hydroxylation is 1. The average Bonchev–Trinajstić information content (AvgIpc) is 3.15. The summed E-state index contributed by atoms with van der Waals surface area (Å²) in [7, 11) is 0. The molecule has 2 fully saturated rings. The number of hydrogen-bond donors (Lipinski definition) is 0. The zero-order valence-electron chi connectivity index (χ0n) is 17.5. The lowest BCUT2D eigenvalue weighted by Gasteiger charge is -2.44. The van der Waals surface area contributed by atoms with Crippen molar-refractivity contribution in [1.82, 2.24) is 9.80 Å². The van der Waals surface area contributed by atoms with Crippen molar-refractivity contribution in [3.8, 4) is 11.1 Å². The summed E-state index contributed by atoms with van der Waals surface area (Å²) in [6, 6.07) is 16.2. The number of benzene rings is 2. The lowest BCUT2D eigenvalue weighted by molar-refractivity contribution is -0.145. The van der Waals surface area contributed by atoms with Gasteiger partial charge < -0.3 is 9.80 Å². The van der Waals surface area contributed by atoms with Gasteiger partial charge in [0.25, 0.3) is 5.91 Å². The zero-order chi connectivity index (χ0) is 20.4. The van der Waals surface area contributed by atoms with Gasteiger partial charge in [0.15, 0.2) is 0 Å². The highest BCUT2D eigenvalue weighted by Gasteiger charge is 2.52. The highest BCUT2D eigenvalue weighted by Crippen LogP contribution is 2.39. The van der Waals surface area contributed by atoms with Crippen molar-refractivity contribution in [3.63, 3.8) is 0 Å². The van der Waals surface area contributed by atoms with Crippen LogP contribution in [0.25, 0.3) is 11.1 Å². The largest absolute Gasteiger partial charge is 0.341 e. The maximum Gasteiger partial charge on any atom is 0.254 e. The van der Waals surface area contributed by atoms with Crippen molar-refractivity contribution in [2.45, 2.75) is 51.5 Å². The van der Waals surface area contributed by atoms with Crippen molar-refractivity contribution in [3.05, 3.63) is 59.7 Å². The molecule has 1 unspecified atom stereocenters. The van der Waals surface area contributed by atoms with Crippen LogP contribution in [-0.2, 0) is 4.79 Å². The molecule has 2 aliphatic rings. The van der Waals surface area contributed by atoms with Crippen molar-refractivity contribution in [2.75, 3.05) is 19.6 Å². The highest BCUT2D eigenvalue weighted by atomic mass is 16.2. The molecule has 0 radical (unpaired) electrons. The second-order valence-electron chi connectivity index (χ2n) is 8.44. The standard InChI is InChI=1S/C25H30N2O2/c1-3-14-26-15-6-12-25(24(26)29)13-7-16-27(25)23(28)22-11-5-10-21(18-22)20-9-4-8-19(2)17-20/h4-5,8-11,17-18H,3,6-7,12-16H2,1-2H3. The van der Waals surface area contributed by atoms with Gasteiger partial charge >= 0.3 is 0 Å². The van der Waals surface area contributed by atoms with Crippen LogP contribution in [0.15, 0.2) is 48.5 Å². The van der Waals surface area contributed by atoms with Gasteiger partial charge in [0.2, 0.25) is 5.91 Å². The molecule has 1 atom stereocenters. The van der Waals surface area contributed by atoms with Crippen molar-refractivity contribution in [2.24, 2.45) is 0 Å². The Bertz CT molecular complexity index is 921. The van der Waals surface area contributed by atoms with Crippen LogP contribution in [0.3, 0.4) is 0 Å². The number of carbonyl (C=O) groups excluding carboxylic acids is 2. The van der Waals surface area contributed by atoms with E-state index in [1.807, 2.05) is 40.1 Å². The summed E-state index contributed by atoms with van der Waals surface area (Å²) in [5.74, 6) is 0.148. The smallest absolute Gasteiger partial charge is 0.254 e. The molecule has 0 N–H and O–H groups in total. The average molecular weight is 391 g/mol. The summed E-state index contributed by atoms with van der Waals surface area (Å²) in [6.45, 7) is 6.44. The number of likely N-dealkylation sites (tertiary alicyclic amines) is 2. The number of amides is 2. The molecule has 2 aromatic carbocycles. The molecule has 4 heteroatoms. The van der Waals surface area contributed by atoms with Gasteiger partial charge in [-0.15, -0.1) is 0 Å². The normalized spacial score (nSPS) is 21.8. The monoisotopic (exact) mass is 390 g/mol. The summed E-state index contributed by atoms with van der Waals surface area (Å²) >= 11 is 0. The first kappa shape index (κ1) is 19.7. The van der Waals surface area contributed by atoms with E-state index in [0.717, 1.165) is 56.3 Å². The molecule has 2 amide bonds. The fraction of sp³-hybridized carbons (Fsp3) is 0.440. The zero-order valence-corrected chi connectivity index (χ0v) is 17.5. The lowest BCUT2D eigenvalue weighted by atomic mass is 9.85. The van der Waals surface area contributed by atoms with Gasteiger partial charge in [-0.25, -0.2) is 0 Å². The Balaban J connectivity index is 1.64. The Hall–Kier alpha value is -2.62. The summed E-state index contributed by atoms with van der Waals surface area (Å²) in [4.78, 5) is 30.7. The second kappa shape index (κ2) is 8.02. The molecule has 4 rings (SSSR count). The summed E-state index contributed by atoms with van der Waals surface area (Å²) in [5.41, 5.74) is 3.38. The first-order valence-corrected chi connectivity index (χ1v) is 10.8. The molecule has 29 heavy (non-hydrogen) atoms. The predicted molar refractivity (Wildman–Crippen MR) is 116 cm³/mol. The van der Waals surface area contributed by atoms with Gasteiger partial charge in [-0.2, -0.15) is 0 Å². The van der Waals surface area contributed by atoms with Crippen LogP contribution in [0.4, 0.5) is 0 Å². The molecule has 0 bridgehead atoms. The molecule has 2 saturated heterocycles. The maximum atomic E-state index is 13.5. The maximum absolute atomic E-state index is 13.5. The van der Waals surface area contributed by atoms with Gasteiger partial charge in [0.1, 0.15) is 5.54 Å². The van der Waals surface area contributed by atoms with E-state index in [1.54, 1.807) is 0 Å². The molecule has 2 heterocycles. The van der Waals surface area contributed by atoms with Gasteiger partial charge in [-0.3, -0.25) is 9.59 Å². The van der Waals surface area contributed by atoms with Crippen molar-refractivity contribution in [1.29, 1.82) is 0 Å². The summed E-state index contributed by atoms with van der Waals surface area (Å²) < 4.78 is 0. The number of rotatable bonds is 4. The third-order valence-corrected chi connectivity index (χ3v) is 6.39. The number of piperidine rings is 1. The molecular formula is C25H30N2O2. The second-order valence-corrected chi connectivity index (χ2v) is 8.44. The molecular weight excluding hydrogens is 360 g/mol. The number of hydrogen-bond acceptors (Lipinski definition) is 2. The van der Waals surface area contributed by atoms with E-state index in [-0.39, 0.29) is 11.8 Å². The van der Waals surface area contributed by atoms with Crippen molar-refractivity contribution < 1.29 is 9.59 Å². The van der Waals surface area contributed by atoms with E-state index in [1.165, 1.54) is 5.56 Å². The Kier molecular flexibility index (Phi) is 5.44. The number of carbonyl (C=O) groups is 2. The minimum absolute atomic E-state index is 0.0105. The molecule has 2 aliphatic heterocycles. The fourth-order valence-electron chi connectivity index (χ4n) is 5.02. The quantitative estimate of drug-likeness (QED) is 0.761. The van der Waals surface area contributed by atoms with E-state index >= 15 is 0 Å². The predicted octanol–water partition coefficient (Wildman–Crippen LogP) is 4.67.